The Morgan fingerprint density at radius 2 is 1.57 bits per heavy atom. The highest BCUT2D eigenvalue weighted by molar-refractivity contribution is 5.94. The van der Waals surface area contributed by atoms with E-state index in [2.05, 4.69) is 20.8 Å². The summed E-state index contributed by atoms with van der Waals surface area (Å²) in [5.74, 6) is -0.796. The van der Waals surface area contributed by atoms with E-state index in [9.17, 15) is 9.59 Å². The van der Waals surface area contributed by atoms with Gasteiger partial charge >= 0.3 is 5.97 Å². The number of esters is 1. The monoisotopic (exact) mass is 381 g/mol. The van der Waals surface area contributed by atoms with Gasteiger partial charge in [-0.3, -0.25) is 9.59 Å². The second-order valence-electron chi connectivity index (χ2n) is 8.42. The van der Waals surface area contributed by atoms with Gasteiger partial charge in [-0.1, -0.05) is 69.7 Å². The Morgan fingerprint density at radius 3 is 2.07 bits per heavy atom. The SMILES string of the molecule is COC(=O)C(C)CN(Cc1ccc(C)cc1)C(=O)c1ccc(C(C)(C)C)cc1. The molecule has 0 heterocycles. The Labute approximate surface area is 168 Å². The minimum atomic E-state index is -0.395. The highest BCUT2D eigenvalue weighted by Crippen LogP contribution is 2.23. The van der Waals surface area contributed by atoms with Gasteiger partial charge < -0.3 is 9.64 Å². The Hall–Kier alpha value is -2.62. The van der Waals surface area contributed by atoms with E-state index in [1.807, 2.05) is 55.5 Å². The lowest BCUT2D eigenvalue weighted by Gasteiger charge is -2.26. The van der Waals surface area contributed by atoms with Crippen molar-refractivity contribution in [3.63, 3.8) is 0 Å². The summed E-state index contributed by atoms with van der Waals surface area (Å²) in [5, 5.41) is 0. The van der Waals surface area contributed by atoms with Gasteiger partial charge in [0.1, 0.15) is 0 Å². The summed E-state index contributed by atoms with van der Waals surface area (Å²) in [6.45, 7) is 11.0. The first kappa shape index (κ1) is 21.7. The molecule has 28 heavy (non-hydrogen) atoms. The summed E-state index contributed by atoms with van der Waals surface area (Å²) in [4.78, 5) is 26.8. The van der Waals surface area contributed by atoms with Crippen LogP contribution >= 0.6 is 0 Å². The first-order valence-corrected chi connectivity index (χ1v) is 9.65. The third kappa shape index (κ3) is 5.69. The molecule has 4 heteroatoms. The van der Waals surface area contributed by atoms with Crippen molar-refractivity contribution >= 4 is 11.9 Å². The van der Waals surface area contributed by atoms with Crippen molar-refractivity contribution in [2.24, 2.45) is 5.92 Å². The van der Waals surface area contributed by atoms with E-state index in [0.29, 0.717) is 18.7 Å². The van der Waals surface area contributed by atoms with Gasteiger partial charge in [-0.25, -0.2) is 0 Å². The van der Waals surface area contributed by atoms with E-state index < -0.39 is 5.92 Å². The average molecular weight is 382 g/mol. The summed E-state index contributed by atoms with van der Waals surface area (Å²) in [6.07, 6.45) is 0. The molecule has 4 nitrogen and oxygen atoms in total. The molecule has 1 atom stereocenters. The molecule has 0 aliphatic carbocycles. The van der Waals surface area contributed by atoms with Crippen LogP contribution in [0.2, 0.25) is 0 Å². The third-order valence-electron chi connectivity index (χ3n) is 4.88. The molecule has 2 aromatic carbocycles. The first-order chi connectivity index (χ1) is 13.1. The highest BCUT2D eigenvalue weighted by atomic mass is 16.5. The van der Waals surface area contributed by atoms with Gasteiger partial charge in [0.25, 0.3) is 5.91 Å². The molecular weight excluding hydrogens is 350 g/mol. The molecule has 0 saturated carbocycles. The molecule has 0 spiro atoms. The number of rotatable bonds is 6. The van der Waals surface area contributed by atoms with Crippen LogP contribution in [0.3, 0.4) is 0 Å². The Balaban J connectivity index is 2.26. The van der Waals surface area contributed by atoms with Crippen molar-refractivity contribution in [3.8, 4) is 0 Å². The van der Waals surface area contributed by atoms with Crippen molar-refractivity contribution in [1.29, 1.82) is 0 Å². The molecule has 150 valence electrons. The van der Waals surface area contributed by atoms with Gasteiger partial charge in [0, 0.05) is 18.7 Å². The van der Waals surface area contributed by atoms with Gasteiger partial charge in [0.05, 0.1) is 13.0 Å². The number of nitrogens with zero attached hydrogens (tertiary/aromatic N) is 1. The topological polar surface area (TPSA) is 46.6 Å². The highest BCUT2D eigenvalue weighted by Gasteiger charge is 2.23. The van der Waals surface area contributed by atoms with Crippen molar-refractivity contribution in [3.05, 3.63) is 70.8 Å². The standard InChI is InChI=1S/C24H31NO3/c1-17-7-9-19(10-8-17)16-25(15-18(2)23(27)28-6)22(26)20-11-13-21(14-12-20)24(3,4)5/h7-14,18H,15-16H2,1-6H3. The maximum Gasteiger partial charge on any atom is 0.310 e. The second kappa shape index (κ2) is 9.05. The average Bonchev–Trinajstić information content (AvgIpc) is 2.67. The number of hydrogen-bond acceptors (Lipinski definition) is 3. The molecule has 1 unspecified atom stereocenters. The minimum Gasteiger partial charge on any atom is -0.469 e. The lowest BCUT2D eigenvalue weighted by molar-refractivity contribution is -0.145. The molecule has 0 saturated heterocycles. The summed E-state index contributed by atoms with van der Waals surface area (Å²) < 4.78 is 4.84. The van der Waals surface area contributed by atoms with Gasteiger partial charge in [0.2, 0.25) is 0 Å². The smallest absolute Gasteiger partial charge is 0.310 e. The summed E-state index contributed by atoms with van der Waals surface area (Å²) in [5.41, 5.74) is 4.03. The maximum absolute atomic E-state index is 13.2. The van der Waals surface area contributed by atoms with Crippen molar-refractivity contribution in [2.45, 2.75) is 46.6 Å². The predicted octanol–water partition coefficient (Wildman–Crippen LogP) is 4.74. The van der Waals surface area contributed by atoms with E-state index in [1.165, 1.54) is 18.2 Å². The molecule has 2 rings (SSSR count). The van der Waals surface area contributed by atoms with E-state index in [-0.39, 0.29) is 17.3 Å². The molecule has 0 aromatic heterocycles. The number of amides is 1. The number of hydrogen-bond donors (Lipinski definition) is 0. The maximum atomic E-state index is 13.2. The molecule has 0 bridgehead atoms. The molecule has 0 N–H and O–H groups in total. The third-order valence-corrected chi connectivity index (χ3v) is 4.88. The Kier molecular flexibility index (Phi) is 7.00. The summed E-state index contributed by atoms with van der Waals surface area (Å²) in [7, 11) is 1.37. The van der Waals surface area contributed by atoms with E-state index in [4.69, 9.17) is 4.74 Å². The quantitative estimate of drug-likeness (QED) is 0.679. The van der Waals surface area contributed by atoms with Gasteiger partial charge in [-0.15, -0.1) is 0 Å². The predicted molar refractivity (Wildman–Crippen MR) is 112 cm³/mol. The fourth-order valence-corrected chi connectivity index (χ4v) is 3.03. The van der Waals surface area contributed by atoms with Gasteiger partial charge in [-0.05, 0) is 35.6 Å². The molecule has 0 aliphatic heterocycles. The molecule has 0 fully saturated rings. The zero-order chi connectivity index (χ0) is 20.9. The van der Waals surface area contributed by atoms with E-state index in [0.717, 1.165) is 5.56 Å². The largest absolute Gasteiger partial charge is 0.469 e. The van der Waals surface area contributed by atoms with Gasteiger partial charge in [0.15, 0.2) is 0 Å². The number of aryl methyl sites for hydroxylation is 1. The van der Waals surface area contributed by atoms with Crippen LogP contribution in [-0.2, 0) is 21.5 Å². The van der Waals surface area contributed by atoms with Crippen LogP contribution in [0.15, 0.2) is 48.5 Å². The van der Waals surface area contributed by atoms with Crippen molar-refractivity contribution in [2.75, 3.05) is 13.7 Å². The number of carbonyl (C=O) groups excluding carboxylic acids is 2. The van der Waals surface area contributed by atoms with Crippen LogP contribution in [0.25, 0.3) is 0 Å². The summed E-state index contributed by atoms with van der Waals surface area (Å²) in [6, 6.07) is 15.8. The van der Waals surface area contributed by atoms with Crippen molar-refractivity contribution < 1.29 is 14.3 Å². The number of ether oxygens (including phenoxy) is 1. The first-order valence-electron chi connectivity index (χ1n) is 9.65. The van der Waals surface area contributed by atoms with Crippen LogP contribution < -0.4 is 0 Å². The van der Waals surface area contributed by atoms with Crippen LogP contribution in [0.5, 0.6) is 0 Å². The Bertz CT molecular complexity index is 801. The zero-order valence-electron chi connectivity index (χ0n) is 17.8. The lowest BCUT2D eigenvalue weighted by Crippen LogP contribution is -2.37. The molecule has 0 radical (unpaired) electrons. The molecule has 2 aromatic rings. The minimum absolute atomic E-state index is 0.0303. The van der Waals surface area contributed by atoms with Crippen LogP contribution in [0, 0.1) is 12.8 Å². The van der Waals surface area contributed by atoms with Crippen LogP contribution in [0.1, 0.15) is 54.7 Å². The second-order valence-corrected chi connectivity index (χ2v) is 8.42. The van der Waals surface area contributed by atoms with E-state index >= 15 is 0 Å². The van der Waals surface area contributed by atoms with Gasteiger partial charge in [-0.2, -0.15) is 0 Å². The van der Waals surface area contributed by atoms with Crippen LogP contribution in [-0.4, -0.2) is 30.4 Å². The molecule has 0 aliphatic rings. The van der Waals surface area contributed by atoms with E-state index in [1.54, 1.807) is 11.8 Å². The number of benzene rings is 2. The Morgan fingerprint density at radius 1 is 1.00 bits per heavy atom. The number of carbonyl (C=O) groups is 2. The fraction of sp³-hybridized carbons (Fsp3) is 0.417. The lowest BCUT2D eigenvalue weighted by atomic mass is 9.86. The summed E-state index contributed by atoms with van der Waals surface area (Å²) >= 11 is 0. The van der Waals surface area contributed by atoms with Crippen LogP contribution in [0.4, 0.5) is 0 Å². The number of methoxy groups -OCH3 is 1. The molecule has 1 amide bonds. The fourth-order valence-electron chi connectivity index (χ4n) is 3.03. The zero-order valence-corrected chi connectivity index (χ0v) is 17.8. The normalized spacial score (nSPS) is 12.4. The van der Waals surface area contributed by atoms with Crippen molar-refractivity contribution in [1.82, 2.24) is 4.90 Å². The molecular formula is C24H31NO3.